The van der Waals surface area contributed by atoms with Gasteiger partial charge in [-0.15, -0.1) is 0 Å². The summed E-state index contributed by atoms with van der Waals surface area (Å²) in [5.74, 6) is 1.53. The number of aromatic amines is 1. The molecule has 0 radical (unpaired) electrons. The molecule has 2 aromatic carbocycles. The molecule has 106 valence electrons. The minimum atomic E-state index is -0.108. The van der Waals surface area contributed by atoms with Gasteiger partial charge in [0.25, 0.3) is 5.56 Å². The Morgan fingerprint density at radius 1 is 1.14 bits per heavy atom. The van der Waals surface area contributed by atoms with E-state index in [-0.39, 0.29) is 5.56 Å². The maximum absolute atomic E-state index is 12.0. The molecular weight excluding hydrogens is 284 g/mol. The molecule has 0 spiro atoms. The van der Waals surface area contributed by atoms with E-state index in [1.54, 1.807) is 13.2 Å². The molecule has 0 aliphatic carbocycles. The van der Waals surface area contributed by atoms with Gasteiger partial charge < -0.3 is 9.72 Å². The van der Waals surface area contributed by atoms with Crippen molar-refractivity contribution in [1.29, 1.82) is 0 Å². The van der Waals surface area contributed by atoms with Crippen molar-refractivity contribution in [2.24, 2.45) is 0 Å². The van der Waals surface area contributed by atoms with Crippen molar-refractivity contribution in [2.75, 3.05) is 7.11 Å². The second kappa shape index (κ2) is 6.01. The first kappa shape index (κ1) is 13.7. The van der Waals surface area contributed by atoms with Crippen molar-refractivity contribution in [1.82, 2.24) is 9.97 Å². The summed E-state index contributed by atoms with van der Waals surface area (Å²) in [6.07, 6.45) is 0. The van der Waals surface area contributed by atoms with Gasteiger partial charge in [-0.2, -0.15) is 0 Å². The zero-order valence-corrected chi connectivity index (χ0v) is 12.3. The van der Waals surface area contributed by atoms with Crippen molar-refractivity contribution < 1.29 is 4.74 Å². The fourth-order valence-corrected chi connectivity index (χ4v) is 2.96. The summed E-state index contributed by atoms with van der Waals surface area (Å²) >= 11 is 1.49. The largest absolute Gasteiger partial charge is 0.496 e. The first-order chi connectivity index (χ1) is 10.3. The third-order valence-electron chi connectivity index (χ3n) is 3.15. The summed E-state index contributed by atoms with van der Waals surface area (Å²) in [6.45, 7) is 0. The molecule has 0 fully saturated rings. The van der Waals surface area contributed by atoms with Gasteiger partial charge in [-0.05, 0) is 18.2 Å². The average Bonchev–Trinajstić information content (AvgIpc) is 2.53. The summed E-state index contributed by atoms with van der Waals surface area (Å²) in [5, 5.41) is 1.23. The molecule has 4 nitrogen and oxygen atoms in total. The van der Waals surface area contributed by atoms with Crippen LogP contribution in [0.15, 0.2) is 58.5 Å². The quantitative estimate of drug-likeness (QED) is 0.593. The normalized spacial score (nSPS) is 10.7. The zero-order valence-electron chi connectivity index (χ0n) is 11.5. The second-order valence-electron chi connectivity index (χ2n) is 4.49. The number of rotatable bonds is 4. The first-order valence-corrected chi connectivity index (χ1v) is 7.50. The maximum atomic E-state index is 12.0. The molecule has 1 heterocycles. The standard InChI is InChI=1S/C16H14N2O2S/c1-20-14-9-5-2-6-11(14)10-21-16-17-13-8-4-3-7-12(13)15(19)18-16/h2-9H,10H2,1H3,(H,17,18,19). The summed E-state index contributed by atoms with van der Waals surface area (Å²) in [6, 6.07) is 15.2. The molecule has 0 atom stereocenters. The lowest BCUT2D eigenvalue weighted by molar-refractivity contribution is 0.411. The van der Waals surface area contributed by atoms with Crippen molar-refractivity contribution in [3.63, 3.8) is 0 Å². The van der Waals surface area contributed by atoms with Crippen molar-refractivity contribution in [3.8, 4) is 5.75 Å². The monoisotopic (exact) mass is 298 g/mol. The number of H-pyrrole nitrogens is 1. The Bertz CT molecular complexity index is 830. The Morgan fingerprint density at radius 2 is 1.90 bits per heavy atom. The number of benzene rings is 2. The van der Waals surface area contributed by atoms with Crippen LogP contribution in [0.4, 0.5) is 0 Å². The molecule has 3 rings (SSSR count). The Labute approximate surface area is 126 Å². The molecule has 0 aliphatic rings. The maximum Gasteiger partial charge on any atom is 0.259 e. The molecule has 1 N–H and O–H groups in total. The third kappa shape index (κ3) is 2.92. The first-order valence-electron chi connectivity index (χ1n) is 6.51. The molecule has 0 bridgehead atoms. The number of para-hydroxylation sites is 2. The predicted molar refractivity (Wildman–Crippen MR) is 84.9 cm³/mol. The number of fused-ring (bicyclic) bond motifs is 1. The van der Waals surface area contributed by atoms with E-state index in [0.717, 1.165) is 11.3 Å². The van der Waals surface area contributed by atoms with Crippen molar-refractivity contribution in [2.45, 2.75) is 10.9 Å². The highest BCUT2D eigenvalue weighted by atomic mass is 32.2. The number of nitrogens with one attached hydrogen (secondary N) is 1. The van der Waals surface area contributed by atoms with E-state index in [9.17, 15) is 4.79 Å². The average molecular weight is 298 g/mol. The van der Waals surface area contributed by atoms with Crippen LogP contribution in [0.1, 0.15) is 5.56 Å². The number of aromatic nitrogens is 2. The highest BCUT2D eigenvalue weighted by Gasteiger charge is 2.06. The molecule has 21 heavy (non-hydrogen) atoms. The summed E-state index contributed by atoms with van der Waals surface area (Å²) in [5.41, 5.74) is 1.67. The number of ether oxygens (including phenoxy) is 1. The number of nitrogens with zero attached hydrogens (tertiary/aromatic N) is 1. The van der Waals surface area contributed by atoms with Crippen LogP contribution in [-0.2, 0) is 5.75 Å². The lowest BCUT2D eigenvalue weighted by atomic mass is 10.2. The van der Waals surface area contributed by atoms with Crippen LogP contribution in [0.2, 0.25) is 0 Å². The van der Waals surface area contributed by atoms with Crippen LogP contribution in [0.25, 0.3) is 10.9 Å². The Balaban J connectivity index is 1.87. The molecule has 3 aromatic rings. The third-order valence-corrected chi connectivity index (χ3v) is 4.07. The van der Waals surface area contributed by atoms with Crippen molar-refractivity contribution in [3.05, 3.63) is 64.4 Å². The van der Waals surface area contributed by atoms with Gasteiger partial charge in [-0.3, -0.25) is 4.79 Å². The van der Waals surface area contributed by atoms with E-state index in [2.05, 4.69) is 9.97 Å². The minimum Gasteiger partial charge on any atom is -0.496 e. The molecule has 0 saturated heterocycles. The predicted octanol–water partition coefficient (Wildman–Crippen LogP) is 3.22. The van der Waals surface area contributed by atoms with Crippen LogP contribution in [-0.4, -0.2) is 17.1 Å². The number of methoxy groups -OCH3 is 1. The summed E-state index contributed by atoms with van der Waals surface area (Å²) in [7, 11) is 1.65. The Hall–Kier alpha value is -2.27. The minimum absolute atomic E-state index is 0.108. The van der Waals surface area contributed by atoms with E-state index < -0.39 is 0 Å². The lowest BCUT2D eigenvalue weighted by Crippen LogP contribution is -2.08. The molecule has 0 amide bonds. The zero-order chi connectivity index (χ0) is 14.7. The summed E-state index contributed by atoms with van der Waals surface area (Å²) < 4.78 is 5.32. The van der Waals surface area contributed by atoms with Gasteiger partial charge >= 0.3 is 0 Å². The van der Waals surface area contributed by atoms with E-state index in [4.69, 9.17) is 4.74 Å². The Kier molecular flexibility index (Phi) is 3.92. The summed E-state index contributed by atoms with van der Waals surface area (Å²) in [4.78, 5) is 19.3. The fourth-order valence-electron chi connectivity index (χ4n) is 2.10. The van der Waals surface area contributed by atoms with Gasteiger partial charge in [0.1, 0.15) is 5.75 Å². The van der Waals surface area contributed by atoms with Crippen LogP contribution >= 0.6 is 11.8 Å². The van der Waals surface area contributed by atoms with Crippen LogP contribution in [0.5, 0.6) is 5.75 Å². The van der Waals surface area contributed by atoms with Gasteiger partial charge in [0.05, 0.1) is 18.0 Å². The van der Waals surface area contributed by atoms with Crippen LogP contribution < -0.4 is 10.3 Å². The van der Waals surface area contributed by atoms with Gasteiger partial charge in [-0.25, -0.2) is 4.98 Å². The second-order valence-corrected chi connectivity index (χ2v) is 5.45. The molecule has 0 saturated carbocycles. The number of hydrogen-bond acceptors (Lipinski definition) is 4. The van der Waals surface area contributed by atoms with Crippen molar-refractivity contribution >= 4 is 22.7 Å². The molecule has 0 aliphatic heterocycles. The SMILES string of the molecule is COc1ccccc1CSc1nc2ccccc2c(=O)[nH]1. The van der Waals surface area contributed by atoms with Gasteiger partial charge in [0, 0.05) is 11.3 Å². The number of hydrogen-bond donors (Lipinski definition) is 1. The van der Waals surface area contributed by atoms with Crippen LogP contribution in [0, 0.1) is 0 Å². The molecule has 5 heteroatoms. The molecular formula is C16H14N2O2S. The smallest absolute Gasteiger partial charge is 0.259 e. The lowest BCUT2D eigenvalue weighted by Gasteiger charge is -2.07. The fraction of sp³-hybridized carbons (Fsp3) is 0.125. The van der Waals surface area contributed by atoms with Crippen LogP contribution in [0.3, 0.4) is 0 Å². The topological polar surface area (TPSA) is 55.0 Å². The van der Waals surface area contributed by atoms with Gasteiger partial charge in [0.15, 0.2) is 5.16 Å². The molecule has 1 aromatic heterocycles. The highest BCUT2D eigenvalue weighted by Crippen LogP contribution is 2.25. The van der Waals surface area contributed by atoms with Gasteiger partial charge in [-0.1, -0.05) is 42.1 Å². The number of thioether (sulfide) groups is 1. The Morgan fingerprint density at radius 3 is 2.76 bits per heavy atom. The van der Waals surface area contributed by atoms with Gasteiger partial charge in [0.2, 0.25) is 0 Å². The van der Waals surface area contributed by atoms with E-state index in [1.807, 2.05) is 42.5 Å². The van der Waals surface area contributed by atoms with E-state index in [0.29, 0.717) is 21.8 Å². The highest BCUT2D eigenvalue weighted by molar-refractivity contribution is 7.98. The van der Waals surface area contributed by atoms with E-state index >= 15 is 0 Å². The van der Waals surface area contributed by atoms with E-state index in [1.165, 1.54) is 11.8 Å². The molecule has 0 unspecified atom stereocenters.